The highest BCUT2D eigenvalue weighted by molar-refractivity contribution is 8.00. The molecule has 2 atom stereocenters. The molecule has 1 aliphatic rings. The minimum absolute atomic E-state index is 0.205. The number of thioether (sulfide) groups is 1. The van der Waals surface area contributed by atoms with Gasteiger partial charge in [0.25, 0.3) is 0 Å². The Labute approximate surface area is 140 Å². The molecule has 128 valence electrons. The standard InChI is InChI=1S/C15H24N4O3S/c1-9-10(2)19(8-12-6-5-7-22-12)15(17-9)23-11(3)13(20)18-14(21)16-4/h11-12H,5-8H2,1-4H3,(H2,16,18,20,21)/t11-,12+/m0/s1. The molecular formula is C15H24N4O3S. The van der Waals surface area contributed by atoms with Gasteiger partial charge in [-0.3, -0.25) is 10.1 Å². The van der Waals surface area contributed by atoms with Crippen molar-refractivity contribution in [1.82, 2.24) is 20.2 Å². The fourth-order valence-electron chi connectivity index (χ4n) is 2.41. The number of imide groups is 1. The van der Waals surface area contributed by atoms with Crippen molar-refractivity contribution in [3.8, 4) is 0 Å². The van der Waals surface area contributed by atoms with Gasteiger partial charge in [0.2, 0.25) is 5.91 Å². The quantitative estimate of drug-likeness (QED) is 0.796. The monoisotopic (exact) mass is 340 g/mol. The van der Waals surface area contributed by atoms with Gasteiger partial charge < -0.3 is 14.6 Å². The first-order chi connectivity index (χ1) is 10.9. The molecular weight excluding hydrogens is 316 g/mol. The van der Waals surface area contributed by atoms with Crippen molar-refractivity contribution < 1.29 is 14.3 Å². The summed E-state index contributed by atoms with van der Waals surface area (Å²) < 4.78 is 7.82. The lowest BCUT2D eigenvalue weighted by Crippen LogP contribution is -2.41. The third-order valence-electron chi connectivity index (χ3n) is 3.95. The van der Waals surface area contributed by atoms with E-state index in [4.69, 9.17) is 4.74 Å². The molecule has 0 spiro atoms. The van der Waals surface area contributed by atoms with Gasteiger partial charge in [0.15, 0.2) is 5.16 Å². The number of nitrogens with one attached hydrogen (secondary N) is 2. The summed E-state index contributed by atoms with van der Waals surface area (Å²) in [7, 11) is 1.47. The van der Waals surface area contributed by atoms with Gasteiger partial charge in [-0.15, -0.1) is 0 Å². The van der Waals surface area contributed by atoms with Crippen LogP contribution in [0, 0.1) is 13.8 Å². The lowest BCUT2D eigenvalue weighted by molar-refractivity contribution is -0.119. The van der Waals surface area contributed by atoms with Crippen LogP contribution in [0.4, 0.5) is 4.79 Å². The number of urea groups is 1. The largest absolute Gasteiger partial charge is 0.376 e. The summed E-state index contributed by atoms with van der Waals surface area (Å²) >= 11 is 1.35. The predicted molar refractivity (Wildman–Crippen MR) is 88.6 cm³/mol. The number of ether oxygens (including phenoxy) is 1. The van der Waals surface area contributed by atoms with Gasteiger partial charge in [-0.25, -0.2) is 9.78 Å². The molecule has 1 saturated heterocycles. The van der Waals surface area contributed by atoms with E-state index in [1.54, 1.807) is 6.92 Å². The van der Waals surface area contributed by atoms with E-state index in [1.807, 2.05) is 13.8 Å². The van der Waals surface area contributed by atoms with E-state index in [-0.39, 0.29) is 12.0 Å². The lowest BCUT2D eigenvalue weighted by Gasteiger charge is -2.16. The van der Waals surface area contributed by atoms with Crippen LogP contribution in [-0.4, -0.2) is 46.5 Å². The highest BCUT2D eigenvalue weighted by atomic mass is 32.2. The van der Waals surface area contributed by atoms with Gasteiger partial charge in [0.05, 0.1) is 23.6 Å². The van der Waals surface area contributed by atoms with Crippen molar-refractivity contribution in [1.29, 1.82) is 0 Å². The van der Waals surface area contributed by atoms with Gasteiger partial charge in [-0.1, -0.05) is 11.8 Å². The maximum atomic E-state index is 12.0. The Hall–Kier alpha value is -1.54. The third kappa shape index (κ3) is 4.48. The number of aromatic nitrogens is 2. The highest BCUT2D eigenvalue weighted by Gasteiger charge is 2.23. The van der Waals surface area contributed by atoms with Crippen LogP contribution in [-0.2, 0) is 16.1 Å². The molecule has 2 rings (SSSR count). The van der Waals surface area contributed by atoms with E-state index in [2.05, 4.69) is 20.2 Å². The minimum Gasteiger partial charge on any atom is -0.376 e. The predicted octanol–water partition coefficient (Wildman–Crippen LogP) is 1.62. The molecule has 0 saturated carbocycles. The molecule has 1 fully saturated rings. The Balaban J connectivity index is 2.07. The zero-order valence-corrected chi connectivity index (χ0v) is 14.8. The molecule has 2 N–H and O–H groups in total. The van der Waals surface area contributed by atoms with Crippen LogP contribution in [0.3, 0.4) is 0 Å². The molecule has 8 heteroatoms. The van der Waals surface area contributed by atoms with Crippen molar-refractivity contribution in [2.45, 2.75) is 56.7 Å². The van der Waals surface area contributed by atoms with E-state index in [0.29, 0.717) is 0 Å². The Morgan fingerprint density at radius 2 is 2.22 bits per heavy atom. The first kappa shape index (κ1) is 17.8. The Bertz CT molecular complexity index is 582. The van der Waals surface area contributed by atoms with Crippen LogP contribution in [0.2, 0.25) is 0 Å². The third-order valence-corrected chi connectivity index (χ3v) is 5.04. The van der Waals surface area contributed by atoms with Gasteiger partial charge in [-0.05, 0) is 33.6 Å². The van der Waals surface area contributed by atoms with E-state index in [0.717, 1.165) is 42.5 Å². The average Bonchev–Trinajstić information content (AvgIpc) is 3.11. The van der Waals surface area contributed by atoms with Gasteiger partial charge in [-0.2, -0.15) is 0 Å². The molecule has 1 aromatic rings. The molecule has 0 unspecified atom stereocenters. The molecule has 3 amide bonds. The number of hydrogen-bond donors (Lipinski definition) is 2. The number of imidazole rings is 1. The summed E-state index contributed by atoms with van der Waals surface area (Å²) in [5.74, 6) is -0.337. The molecule has 23 heavy (non-hydrogen) atoms. The summed E-state index contributed by atoms with van der Waals surface area (Å²) in [5, 5.41) is 5.03. The molecule has 0 aromatic carbocycles. The van der Waals surface area contributed by atoms with Gasteiger partial charge >= 0.3 is 6.03 Å². The maximum absolute atomic E-state index is 12.0. The van der Waals surface area contributed by atoms with Gasteiger partial charge in [0.1, 0.15) is 0 Å². The SMILES string of the molecule is CNC(=O)NC(=O)[C@H](C)Sc1nc(C)c(C)n1C[C@H]1CCCO1. The number of carbonyl (C=O) groups excluding carboxylic acids is 2. The smallest absolute Gasteiger partial charge is 0.321 e. The van der Waals surface area contributed by atoms with Crippen LogP contribution in [0.25, 0.3) is 0 Å². The molecule has 0 aliphatic carbocycles. The summed E-state index contributed by atoms with van der Waals surface area (Å²) in [6.07, 6.45) is 2.34. The first-order valence-corrected chi connectivity index (χ1v) is 8.65. The van der Waals surface area contributed by atoms with Crippen molar-refractivity contribution in [2.75, 3.05) is 13.7 Å². The Morgan fingerprint density at radius 3 is 2.83 bits per heavy atom. The second kappa shape index (κ2) is 7.83. The molecule has 0 radical (unpaired) electrons. The molecule has 7 nitrogen and oxygen atoms in total. The topological polar surface area (TPSA) is 85.3 Å². The molecule has 1 aliphatic heterocycles. The average molecular weight is 340 g/mol. The second-order valence-corrected chi connectivity index (χ2v) is 6.95. The zero-order valence-electron chi connectivity index (χ0n) is 14.0. The number of nitrogens with zero attached hydrogens (tertiary/aromatic N) is 2. The van der Waals surface area contributed by atoms with E-state index in [1.165, 1.54) is 18.8 Å². The van der Waals surface area contributed by atoms with Crippen LogP contribution in [0.15, 0.2) is 5.16 Å². The molecule has 0 bridgehead atoms. The van der Waals surface area contributed by atoms with Crippen molar-refractivity contribution in [2.24, 2.45) is 0 Å². The number of amides is 3. The van der Waals surface area contributed by atoms with Crippen molar-refractivity contribution in [3.63, 3.8) is 0 Å². The normalized spacial score (nSPS) is 18.7. The van der Waals surface area contributed by atoms with Gasteiger partial charge in [0, 0.05) is 19.3 Å². The summed E-state index contributed by atoms with van der Waals surface area (Å²) in [6, 6.07) is -0.502. The summed E-state index contributed by atoms with van der Waals surface area (Å²) in [6.45, 7) is 7.31. The summed E-state index contributed by atoms with van der Waals surface area (Å²) in [5.41, 5.74) is 2.03. The second-order valence-electron chi connectivity index (χ2n) is 5.64. The number of aryl methyl sites for hydroxylation is 1. The van der Waals surface area contributed by atoms with E-state index in [9.17, 15) is 9.59 Å². The molecule has 1 aromatic heterocycles. The fraction of sp³-hybridized carbons (Fsp3) is 0.667. The Morgan fingerprint density at radius 1 is 1.48 bits per heavy atom. The fourth-order valence-corrected chi connectivity index (χ4v) is 3.42. The van der Waals surface area contributed by atoms with Crippen LogP contribution < -0.4 is 10.6 Å². The van der Waals surface area contributed by atoms with E-state index < -0.39 is 11.3 Å². The van der Waals surface area contributed by atoms with Crippen LogP contribution in [0.5, 0.6) is 0 Å². The first-order valence-electron chi connectivity index (χ1n) is 7.77. The Kier molecular flexibility index (Phi) is 6.06. The van der Waals surface area contributed by atoms with Crippen LogP contribution in [0.1, 0.15) is 31.2 Å². The lowest BCUT2D eigenvalue weighted by atomic mass is 10.2. The summed E-state index contributed by atoms with van der Waals surface area (Å²) in [4.78, 5) is 27.8. The number of rotatable bonds is 5. The zero-order chi connectivity index (χ0) is 17.0. The maximum Gasteiger partial charge on any atom is 0.321 e. The van der Waals surface area contributed by atoms with E-state index >= 15 is 0 Å². The molecule has 2 heterocycles. The van der Waals surface area contributed by atoms with Crippen molar-refractivity contribution in [3.05, 3.63) is 11.4 Å². The number of carbonyl (C=O) groups is 2. The number of hydrogen-bond acceptors (Lipinski definition) is 5. The van der Waals surface area contributed by atoms with Crippen LogP contribution >= 0.6 is 11.8 Å². The minimum atomic E-state index is -0.502. The highest BCUT2D eigenvalue weighted by Crippen LogP contribution is 2.27. The van der Waals surface area contributed by atoms with Crippen molar-refractivity contribution >= 4 is 23.7 Å².